The maximum Gasteiger partial charge on any atom is 0.471 e. The summed E-state index contributed by atoms with van der Waals surface area (Å²) in [6.07, 6.45) is -2.83. The number of halogens is 3. The smallest absolute Gasteiger partial charge is 0.471 e. The van der Waals surface area contributed by atoms with Gasteiger partial charge < -0.3 is 15.0 Å². The van der Waals surface area contributed by atoms with Crippen LogP contribution in [0.4, 0.5) is 13.2 Å². The predicted octanol–water partition coefficient (Wildman–Crippen LogP) is 2.40. The van der Waals surface area contributed by atoms with Gasteiger partial charge in [0.05, 0.1) is 7.11 Å². The van der Waals surface area contributed by atoms with Crippen molar-refractivity contribution < 1.29 is 22.7 Å². The van der Waals surface area contributed by atoms with E-state index in [1.165, 1.54) is 7.11 Å². The Morgan fingerprint density at radius 2 is 2.15 bits per heavy atom. The van der Waals surface area contributed by atoms with Gasteiger partial charge in [0.25, 0.3) is 0 Å². The quantitative estimate of drug-likeness (QED) is 0.906. The number of carbonyl (C=O) groups is 1. The molecular formula is C13H13F3N2O2. The largest absolute Gasteiger partial charge is 0.497 e. The van der Waals surface area contributed by atoms with Crippen LogP contribution in [-0.4, -0.2) is 30.7 Å². The molecule has 0 spiro atoms. The zero-order valence-corrected chi connectivity index (χ0v) is 10.7. The zero-order valence-electron chi connectivity index (χ0n) is 10.7. The number of aromatic amines is 1. The van der Waals surface area contributed by atoms with E-state index in [4.69, 9.17) is 4.74 Å². The number of aromatic nitrogens is 1. The Bertz CT molecular complexity index is 620. The second-order valence-electron chi connectivity index (χ2n) is 4.23. The van der Waals surface area contributed by atoms with Crippen molar-refractivity contribution >= 4 is 16.8 Å². The fourth-order valence-corrected chi connectivity index (χ4v) is 1.90. The van der Waals surface area contributed by atoms with Gasteiger partial charge in [-0.05, 0) is 30.2 Å². The summed E-state index contributed by atoms with van der Waals surface area (Å²) in [7, 11) is 1.54. The van der Waals surface area contributed by atoms with Crippen molar-refractivity contribution in [3.63, 3.8) is 0 Å². The molecule has 1 heterocycles. The average molecular weight is 286 g/mol. The Morgan fingerprint density at radius 3 is 2.80 bits per heavy atom. The molecule has 0 aliphatic heterocycles. The third kappa shape index (κ3) is 3.04. The summed E-state index contributed by atoms with van der Waals surface area (Å²) < 4.78 is 41.2. The molecule has 4 nitrogen and oxygen atoms in total. The third-order valence-corrected chi connectivity index (χ3v) is 2.91. The highest BCUT2D eigenvalue weighted by Gasteiger charge is 2.38. The van der Waals surface area contributed by atoms with E-state index in [2.05, 4.69) is 4.98 Å². The van der Waals surface area contributed by atoms with Crippen molar-refractivity contribution in [1.82, 2.24) is 10.3 Å². The van der Waals surface area contributed by atoms with Crippen LogP contribution in [0.25, 0.3) is 10.9 Å². The molecule has 1 aromatic carbocycles. The normalized spacial score (nSPS) is 11.6. The number of hydrogen-bond donors (Lipinski definition) is 2. The van der Waals surface area contributed by atoms with Gasteiger partial charge in [-0.2, -0.15) is 13.2 Å². The van der Waals surface area contributed by atoms with Crippen molar-refractivity contribution in [2.24, 2.45) is 0 Å². The van der Waals surface area contributed by atoms with Crippen molar-refractivity contribution in [2.45, 2.75) is 12.6 Å². The van der Waals surface area contributed by atoms with Gasteiger partial charge in [-0.3, -0.25) is 4.79 Å². The lowest BCUT2D eigenvalue weighted by molar-refractivity contribution is -0.173. The second kappa shape index (κ2) is 5.44. The second-order valence-corrected chi connectivity index (χ2v) is 4.23. The van der Waals surface area contributed by atoms with Crippen molar-refractivity contribution in [1.29, 1.82) is 0 Å². The molecule has 0 radical (unpaired) electrons. The van der Waals surface area contributed by atoms with Crippen molar-refractivity contribution in [2.75, 3.05) is 13.7 Å². The van der Waals surface area contributed by atoms with E-state index in [9.17, 15) is 18.0 Å². The van der Waals surface area contributed by atoms with Crippen LogP contribution in [0.1, 0.15) is 5.56 Å². The Balaban J connectivity index is 2.05. The lowest BCUT2D eigenvalue weighted by Gasteiger charge is -2.07. The first-order valence-corrected chi connectivity index (χ1v) is 5.91. The van der Waals surface area contributed by atoms with Crippen LogP contribution in [-0.2, 0) is 11.2 Å². The molecule has 20 heavy (non-hydrogen) atoms. The fourth-order valence-electron chi connectivity index (χ4n) is 1.90. The van der Waals surface area contributed by atoms with Gasteiger partial charge in [0.15, 0.2) is 0 Å². The van der Waals surface area contributed by atoms with Gasteiger partial charge >= 0.3 is 12.1 Å². The summed E-state index contributed by atoms with van der Waals surface area (Å²) in [5, 5.41) is 2.71. The molecular weight excluding hydrogens is 273 g/mol. The Morgan fingerprint density at radius 1 is 1.40 bits per heavy atom. The predicted molar refractivity (Wildman–Crippen MR) is 67.6 cm³/mol. The molecule has 1 aromatic heterocycles. The summed E-state index contributed by atoms with van der Waals surface area (Å²) in [4.78, 5) is 13.7. The van der Waals surface area contributed by atoms with Crippen LogP contribution in [0.15, 0.2) is 24.4 Å². The number of H-pyrrole nitrogens is 1. The first-order chi connectivity index (χ1) is 9.41. The Labute approximate surface area is 112 Å². The molecule has 7 heteroatoms. The number of fused-ring (bicyclic) bond motifs is 1. The lowest BCUT2D eigenvalue weighted by Crippen LogP contribution is -2.37. The van der Waals surface area contributed by atoms with E-state index in [1.807, 2.05) is 11.4 Å². The summed E-state index contributed by atoms with van der Waals surface area (Å²) in [5.74, 6) is -1.26. The molecule has 0 saturated heterocycles. The summed E-state index contributed by atoms with van der Waals surface area (Å²) in [5.41, 5.74) is 1.68. The van der Waals surface area contributed by atoms with Gasteiger partial charge in [-0.15, -0.1) is 0 Å². The number of alkyl halides is 3. The Kier molecular flexibility index (Phi) is 3.87. The van der Waals surface area contributed by atoms with Crippen LogP contribution in [0, 0.1) is 0 Å². The molecule has 0 bridgehead atoms. The van der Waals surface area contributed by atoms with Crippen LogP contribution in [0.5, 0.6) is 5.75 Å². The molecule has 2 rings (SSSR count). The van der Waals surface area contributed by atoms with Crippen LogP contribution < -0.4 is 10.1 Å². The number of methoxy groups -OCH3 is 1. The minimum Gasteiger partial charge on any atom is -0.497 e. The van der Waals surface area contributed by atoms with Crippen molar-refractivity contribution in [3.8, 4) is 5.75 Å². The van der Waals surface area contributed by atoms with Crippen molar-refractivity contribution in [3.05, 3.63) is 30.0 Å². The first kappa shape index (κ1) is 14.2. The maximum atomic E-state index is 12.0. The summed E-state index contributed by atoms with van der Waals surface area (Å²) in [6.45, 7) is -0.0808. The van der Waals surface area contributed by atoms with E-state index >= 15 is 0 Å². The molecule has 0 fully saturated rings. The van der Waals surface area contributed by atoms with E-state index < -0.39 is 12.1 Å². The highest BCUT2D eigenvalue weighted by molar-refractivity contribution is 5.85. The SMILES string of the molecule is COc1ccc2[nH]cc(CCNC(=O)C(F)(F)F)c2c1. The summed E-state index contributed by atoms with van der Waals surface area (Å²) in [6, 6.07) is 5.41. The van der Waals surface area contributed by atoms with Crippen LogP contribution in [0.2, 0.25) is 0 Å². The number of nitrogens with one attached hydrogen (secondary N) is 2. The number of benzene rings is 1. The zero-order chi connectivity index (χ0) is 14.8. The van der Waals surface area contributed by atoms with Gasteiger partial charge in [0.2, 0.25) is 0 Å². The minimum atomic E-state index is -4.84. The summed E-state index contributed by atoms with van der Waals surface area (Å²) >= 11 is 0. The molecule has 2 aromatic rings. The third-order valence-electron chi connectivity index (χ3n) is 2.91. The number of amides is 1. The molecule has 108 valence electrons. The monoisotopic (exact) mass is 286 g/mol. The maximum absolute atomic E-state index is 12.0. The molecule has 0 saturated carbocycles. The van der Waals surface area contributed by atoms with Gasteiger partial charge in [-0.25, -0.2) is 0 Å². The first-order valence-electron chi connectivity index (χ1n) is 5.91. The standard InChI is InChI=1S/C13H13F3N2O2/c1-20-9-2-3-11-10(6-9)8(7-18-11)4-5-17-12(19)13(14,15)16/h2-3,6-7,18H,4-5H2,1H3,(H,17,19). The van der Waals surface area contributed by atoms with Gasteiger partial charge in [0, 0.05) is 23.6 Å². The topological polar surface area (TPSA) is 54.1 Å². The number of hydrogen-bond acceptors (Lipinski definition) is 2. The van der Waals surface area contributed by atoms with E-state index in [1.54, 1.807) is 18.3 Å². The van der Waals surface area contributed by atoms with E-state index in [0.717, 1.165) is 16.5 Å². The number of carbonyl (C=O) groups excluding carboxylic acids is 1. The van der Waals surface area contributed by atoms with E-state index in [-0.39, 0.29) is 6.54 Å². The minimum absolute atomic E-state index is 0.0808. The molecule has 0 aliphatic carbocycles. The van der Waals surface area contributed by atoms with Crippen LogP contribution >= 0.6 is 0 Å². The Hall–Kier alpha value is -2.18. The highest BCUT2D eigenvalue weighted by Crippen LogP contribution is 2.23. The number of ether oxygens (including phenoxy) is 1. The van der Waals surface area contributed by atoms with Crippen LogP contribution in [0.3, 0.4) is 0 Å². The number of rotatable bonds is 4. The van der Waals surface area contributed by atoms with E-state index in [0.29, 0.717) is 12.2 Å². The molecule has 0 atom stereocenters. The molecule has 2 N–H and O–H groups in total. The highest BCUT2D eigenvalue weighted by atomic mass is 19.4. The fraction of sp³-hybridized carbons (Fsp3) is 0.308. The average Bonchev–Trinajstić information content (AvgIpc) is 2.80. The molecule has 1 amide bonds. The lowest BCUT2D eigenvalue weighted by atomic mass is 10.1. The molecule has 0 unspecified atom stereocenters. The van der Waals surface area contributed by atoms with Gasteiger partial charge in [-0.1, -0.05) is 0 Å². The molecule has 0 aliphatic rings. The van der Waals surface area contributed by atoms with Gasteiger partial charge in [0.1, 0.15) is 5.75 Å².